The minimum absolute atomic E-state index is 0.0531. The number of aromatic amines is 1. The second-order valence-corrected chi connectivity index (χ2v) is 8.64. The third-order valence-corrected chi connectivity index (χ3v) is 6.64. The summed E-state index contributed by atoms with van der Waals surface area (Å²) in [4.78, 5) is 33.8. The lowest BCUT2D eigenvalue weighted by Gasteiger charge is -2.34. The first-order chi connectivity index (χ1) is 14.9. The topological polar surface area (TPSA) is 97.8 Å². The maximum absolute atomic E-state index is 12.7. The number of hydrogen-bond donors (Lipinski definition) is 3. The normalized spacial score (nSPS) is 22.2. The van der Waals surface area contributed by atoms with Crippen molar-refractivity contribution in [3.8, 4) is 11.5 Å². The van der Waals surface area contributed by atoms with Crippen LogP contribution in [-0.2, 0) is 11.3 Å². The Labute approximate surface area is 183 Å². The zero-order valence-electron chi connectivity index (χ0n) is 19.2. The smallest absolute Gasteiger partial charge is 0.275 e. The van der Waals surface area contributed by atoms with Crippen LogP contribution in [0.2, 0.25) is 0 Å². The van der Waals surface area contributed by atoms with E-state index in [1.165, 1.54) is 13.5 Å². The molecule has 1 amide bonds. The Morgan fingerprint density at radius 2 is 1.94 bits per heavy atom. The Morgan fingerprint density at radius 3 is 2.61 bits per heavy atom. The molecule has 1 aromatic heterocycles. The first-order valence-electron chi connectivity index (χ1n) is 11.1. The van der Waals surface area contributed by atoms with Gasteiger partial charge in [-0.1, -0.05) is 26.7 Å². The average Bonchev–Trinajstić information content (AvgIpc) is 2.75. The largest absolute Gasteiger partial charge is 0.493 e. The van der Waals surface area contributed by atoms with Crippen LogP contribution in [0.4, 0.5) is 0 Å². The molecule has 4 atom stereocenters. The van der Waals surface area contributed by atoms with Crippen molar-refractivity contribution < 1.29 is 19.2 Å². The van der Waals surface area contributed by atoms with Crippen LogP contribution >= 0.6 is 0 Å². The molecule has 3 N–H and O–H groups in total. The zero-order chi connectivity index (χ0) is 22.5. The monoisotopic (exact) mass is 431 g/mol. The molecule has 3 rings (SSSR count). The van der Waals surface area contributed by atoms with Gasteiger partial charge < -0.3 is 24.7 Å². The van der Waals surface area contributed by atoms with Gasteiger partial charge in [0.2, 0.25) is 0 Å². The third kappa shape index (κ3) is 5.36. The van der Waals surface area contributed by atoms with Gasteiger partial charge in [0.15, 0.2) is 23.9 Å². The quantitative estimate of drug-likeness (QED) is 0.585. The van der Waals surface area contributed by atoms with E-state index in [-0.39, 0.29) is 17.5 Å². The third-order valence-electron chi connectivity index (χ3n) is 6.64. The number of carbonyl (C=O) groups is 1. The number of fused-ring (bicyclic) bond motifs is 1. The molecule has 0 saturated heterocycles. The molecule has 31 heavy (non-hydrogen) atoms. The van der Waals surface area contributed by atoms with Crippen molar-refractivity contribution in [3.63, 3.8) is 0 Å². The summed E-state index contributed by atoms with van der Waals surface area (Å²) >= 11 is 0. The summed E-state index contributed by atoms with van der Waals surface area (Å²) in [6.45, 7) is 8.08. The van der Waals surface area contributed by atoms with E-state index < -0.39 is 0 Å². The van der Waals surface area contributed by atoms with Gasteiger partial charge in [-0.3, -0.25) is 9.59 Å². The summed E-state index contributed by atoms with van der Waals surface area (Å²) in [5.74, 6) is 2.74. The molecule has 1 unspecified atom stereocenters. The van der Waals surface area contributed by atoms with Crippen LogP contribution in [0, 0.1) is 11.8 Å². The number of ether oxygens (including phenoxy) is 2. The summed E-state index contributed by atoms with van der Waals surface area (Å²) in [7, 11) is 3.08. The van der Waals surface area contributed by atoms with Gasteiger partial charge in [0.25, 0.3) is 11.5 Å². The lowest BCUT2D eigenvalue weighted by atomic mass is 9.78. The number of rotatable bonds is 8. The molecule has 0 bridgehead atoms. The van der Waals surface area contributed by atoms with Crippen molar-refractivity contribution in [1.29, 1.82) is 0 Å². The van der Waals surface area contributed by atoms with Gasteiger partial charge in [-0.25, -0.2) is 4.98 Å². The molecule has 8 heteroatoms. The van der Waals surface area contributed by atoms with Crippen LogP contribution in [0.1, 0.15) is 45.9 Å². The Balaban J connectivity index is 1.72. The number of nitrogens with zero attached hydrogens (tertiary/aromatic N) is 1. The van der Waals surface area contributed by atoms with Crippen molar-refractivity contribution in [1.82, 2.24) is 15.3 Å². The second-order valence-electron chi connectivity index (χ2n) is 8.64. The van der Waals surface area contributed by atoms with Crippen LogP contribution in [0.25, 0.3) is 10.9 Å². The van der Waals surface area contributed by atoms with E-state index in [1.807, 2.05) is 6.92 Å². The number of nitrogens with one attached hydrogen (secondary N) is 3. The highest BCUT2D eigenvalue weighted by Crippen LogP contribution is 2.30. The fourth-order valence-corrected chi connectivity index (χ4v) is 4.42. The first-order valence-corrected chi connectivity index (χ1v) is 11.1. The van der Waals surface area contributed by atoms with Gasteiger partial charge in [-0.2, -0.15) is 0 Å². The molecular weight excluding hydrogens is 396 g/mol. The van der Waals surface area contributed by atoms with E-state index in [0.29, 0.717) is 53.2 Å². The fraction of sp³-hybridized carbons (Fsp3) is 0.609. The number of aromatic nitrogens is 2. The Bertz CT molecular complexity index is 974. The van der Waals surface area contributed by atoms with Crippen molar-refractivity contribution in [3.05, 3.63) is 28.3 Å². The lowest BCUT2D eigenvalue weighted by Crippen LogP contribution is -3.11. The molecule has 1 saturated carbocycles. The molecule has 1 heterocycles. The van der Waals surface area contributed by atoms with E-state index in [0.717, 1.165) is 24.3 Å². The molecule has 2 aromatic rings. The van der Waals surface area contributed by atoms with Crippen LogP contribution in [0.5, 0.6) is 11.5 Å². The summed E-state index contributed by atoms with van der Waals surface area (Å²) in [5.41, 5.74) is 0.312. The van der Waals surface area contributed by atoms with Crippen LogP contribution in [-0.4, -0.2) is 49.2 Å². The molecule has 1 aromatic carbocycles. The molecule has 8 nitrogen and oxygen atoms in total. The molecule has 170 valence electrons. The predicted molar refractivity (Wildman–Crippen MR) is 120 cm³/mol. The van der Waals surface area contributed by atoms with Crippen molar-refractivity contribution in [2.45, 2.75) is 52.6 Å². The van der Waals surface area contributed by atoms with Crippen LogP contribution in [0.3, 0.4) is 0 Å². The zero-order valence-corrected chi connectivity index (χ0v) is 19.2. The van der Waals surface area contributed by atoms with Gasteiger partial charge in [-0.05, 0) is 31.2 Å². The highest BCUT2D eigenvalue weighted by atomic mass is 16.5. The van der Waals surface area contributed by atoms with E-state index in [9.17, 15) is 9.59 Å². The maximum Gasteiger partial charge on any atom is 0.275 e. The number of benzene rings is 1. The molecule has 0 spiro atoms. The van der Waals surface area contributed by atoms with Crippen LogP contribution < -0.4 is 25.2 Å². The number of amides is 1. The number of methoxy groups -OCH3 is 2. The van der Waals surface area contributed by atoms with Gasteiger partial charge in [0, 0.05) is 12.1 Å². The number of carbonyl (C=O) groups excluding carboxylic acids is 1. The van der Waals surface area contributed by atoms with E-state index in [1.54, 1.807) is 19.2 Å². The van der Waals surface area contributed by atoms with Crippen molar-refractivity contribution in [2.24, 2.45) is 11.8 Å². The molecule has 1 aliphatic rings. The van der Waals surface area contributed by atoms with Gasteiger partial charge in [-0.15, -0.1) is 0 Å². The number of quaternary nitrogens is 1. The lowest BCUT2D eigenvalue weighted by molar-refractivity contribution is -0.904. The molecule has 1 aliphatic carbocycles. The average molecular weight is 432 g/mol. The van der Waals surface area contributed by atoms with Gasteiger partial charge in [0.1, 0.15) is 6.54 Å². The molecule has 0 aliphatic heterocycles. The fourth-order valence-electron chi connectivity index (χ4n) is 4.42. The first kappa shape index (κ1) is 23.1. The minimum atomic E-state index is -0.231. The summed E-state index contributed by atoms with van der Waals surface area (Å²) in [6, 6.07) is 3.58. The predicted octanol–water partition coefficient (Wildman–Crippen LogP) is 1.29. The van der Waals surface area contributed by atoms with E-state index in [4.69, 9.17) is 9.47 Å². The Kier molecular flexibility index (Phi) is 7.54. The second kappa shape index (κ2) is 10.1. The highest BCUT2D eigenvalue weighted by molar-refractivity contribution is 5.81. The summed E-state index contributed by atoms with van der Waals surface area (Å²) < 4.78 is 10.6. The highest BCUT2D eigenvalue weighted by Gasteiger charge is 2.29. The maximum atomic E-state index is 12.7. The number of likely N-dealkylation sites (N-methyl/N-ethyl adjacent to an activating group) is 1. The number of H-pyrrole nitrogens is 1. The molecule has 1 fully saturated rings. The Morgan fingerprint density at radius 1 is 1.23 bits per heavy atom. The summed E-state index contributed by atoms with van der Waals surface area (Å²) in [5, 5.41) is 3.68. The summed E-state index contributed by atoms with van der Waals surface area (Å²) in [6.07, 6.45) is 3.44. The van der Waals surface area contributed by atoms with Gasteiger partial charge in [0.05, 0.1) is 31.7 Å². The van der Waals surface area contributed by atoms with Gasteiger partial charge >= 0.3 is 0 Å². The number of hydrogen-bond acceptors (Lipinski definition) is 5. The van der Waals surface area contributed by atoms with Crippen molar-refractivity contribution in [2.75, 3.05) is 27.3 Å². The van der Waals surface area contributed by atoms with E-state index in [2.05, 4.69) is 29.1 Å². The SMILES string of the molecule is CC[NH+](CC(=O)N[C@H]1CCC[C@H](C)[C@@H]1C)Cc1nc2cc(OC)c(OC)cc2c(=O)[nH]1. The van der Waals surface area contributed by atoms with Crippen molar-refractivity contribution >= 4 is 16.8 Å². The van der Waals surface area contributed by atoms with E-state index >= 15 is 0 Å². The van der Waals surface area contributed by atoms with Crippen LogP contribution in [0.15, 0.2) is 16.9 Å². The Hall–Kier alpha value is -2.61. The molecular formula is C23H35N4O4+. The standard InChI is InChI=1S/C23H34N4O4/c1-6-27(13-22(28)25-17-9-7-8-14(2)15(17)3)12-21-24-18-11-20(31-5)19(30-4)10-16(18)23(29)26-21/h10-11,14-15,17H,6-9,12-13H2,1-5H3,(H,25,28)(H,24,26,29)/p+1/t14-,15-,17-/m0/s1. The molecule has 0 radical (unpaired) electrons. The minimum Gasteiger partial charge on any atom is -0.493 e.